The second-order valence-electron chi connectivity index (χ2n) is 4.56. The van der Waals surface area contributed by atoms with Crippen LogP contribution in [0.5, 0.6) is 0 Å². The topological polar surface area (TPSA) is 96.7 Å². The minimum atomic E-state index is -0.229. The standard InChI is InChI=1S/C14H17N5O2/c1-18-9-12(16-10-18)14(20)19(8-7-13(15)17-21)11-5-3-2-4-6-11/h2-6,9-10,21H,7-8H2,1H3,(H2,15,17). The molecule has 0 spiro atoms. The Morgan fingerprint density at radius 3 is 2.71 bits per heavy atom. The number of hydrogen-bond acceptors (Lipinski definition) is 4. The number of aryl methyl sites for hydroxylation is 1. The zero-order valence-electron chi connectivity index (χ0n) is 11.7. The van der Waals surface area contributed by atoms with Crippen LogP contribution in [0.2, 0.25) is 0 Å². The zero-order chi connectivity index (χ0) is 15.2. The lowest BCUT2D eigenvalue weighted by Gasteiger charge is -2.21. The van der Waals surface area contributed by atoms with Gasteiger partial charge in [0.25, 0.3) is 5.91 Å². The lowest BCUT2D eigenvalue weighted by atomic mass is 10.2. The van der Waals surface area contributed by atoms with E-state index in [4.69, 9.17) is 10.9 Å². The van der Waals surface area contributed by atoms with Gasteiger partial charge in [0.2, 0.25) is 0 Å². The Kier molecular flexibility index (Phi) is 4.55. The highest BCUT2D eigenvalue weighted by Crippen LogP contribution is 2.16. The number of para-hydroxylation sites is 1. The van der Waals surface area contributed by atoms with Crippen LogP contribution < -0.4 is 10.6 Å². The van der Waals surface area contributed by atoms with Crippen molar-refractivity contribution in [3.63, 3.8) is 0 Å². The van der Waals surface area contributed by atoms with Crippen molar-refractivity contribution < 1.29 is 10.0 Å². The van der Waals surface area contributed by atoms with Gasteiger partial charge >= 0.3 is 0 Å². The molecule has 0 aliphatic heterocycles. The van der Waals surface area contributed by atoms with Gasteiger partial charge in [-0.1, -0.05) is 23.4 Å². The van der Waals surface area contributed by atoms with Crippen LogP contribution in [0.3, 0.4) is 0 Å². The first-order valence-electron chi connectivity index (χ1n) is 6.43. The number of hydrogen-bond donors (Lipinski definition) is 2. The molecule has 0 aliphatic carbocycles. The minimum Gasteiger partial charge on any atom is -0.409 e. The molecule has 0 radical (unpaired) electrons. The van der Waals surface area contributed by atoms with Gasteiger partial charge in [0.1, 0.15) is 11.5 Å². The maximum absolute atomic E-state index is 12.6. The number of nitrogens with zero attached hydrogens (tertiary/aromatic N) is 4. The fourth-order valence-electron chi connectivity index (χ4n) is 1.89. The van der Waals surface area contributed by atoms with Crippen molar-refractivity contribution in [3.05, 3.63) is 48.5 Å². The highest BCUT2D eigenvalue weighted by Gasteiger charge is 2.19. The Hall–Kier alpha value is -2.83. The SMILES string of the molecule is Cn1cnc(C(=O)N(CC/C(N)=N/O)c2ccccc2)c1. The van der Waals surface area contributed by atoms with Gasteiger partial charge in [0.15, 0.2) is 0 Å². The third kappa shape index (κ3) is 3.59. The quantitative estimate of drug-likeness (QED) is 0.374. The smallest absolute Gasteiger partial charge is 0.278 e. The molecule has 0 saturated heterocycles. The molecule has 0 aliphatic rings. The number of oxime groups is 1. The van der Waals surface area contributed by atoms with Gasteiger partial charge in [-0.15, -0.1) is 0 Å². The molecule has 110 valence electrons. The zero-order valence-corrected chi connectivity index (χ0v) is 11.7. The molecule has 21 heavy (non-hydrogen) atoms. The third-order valence-corrected chi connectivity index (χ3v) is 2.96. The summed E-state index contributed by atoms with van der Waals surface area (Å²) in [6, 6.07) is 9.21. The fourth-order valence-corrected chi connectivity index (χ4v) is 1.89. The number of benzene rings is 1. The van der Waals surface area contributed by atoms with Gasteiger partial charge in [-0.3, -0.25) is 4.79 Å². The van der Waals surface area contributed by atoms with E-state index in [0.29, 0.717) is 12.2 Å². The van der Waals surface area contributed by atoms with Gasteiger partial charge in [0, 0.05) is 31.9 Å². The summed E-state index contributed by atoms with van der Waals surface area (Å²) in [6.45, 7) is 0.301. The van der Waals surface area contributed by atoms with Crippen LogP contribution in [0.1, 0.15) is 16.9 Å². The largest absolute Gasteiger partial charge is 0.409 e. The predicted molar refractivity (Wildman–Crippen MR) is 79.4 cm³/mol. The van der Waals surface area contributed by atoms with Crippen molar-refractivity contribution in [2.24, 2.45) is 17.9 Å². The Bertz CT molecular complexity index is 636. The molecule has 0 atom stereocenters. The highest BCUT2D eigenvalue weighted by atomic mass is 16.4. The number of aromatic nitrogens is 2. The number of anilines is 1. The Morgan fingerprint density at radius 2 is 2.14 bits per heavy atom. The molecule has 1 heterocycles. The summed E-state index contributed by atoms with van der Waals surface area (Å²) < 4.78 is 1.71. The summed E-state index contributed by atoms with van der Waals surface area (Å²) in [5.41, 5.74) is 6.57. The van der Waals surface area contributed by atoms with Crippen molar-refractivity contribution in [1.82, 2.24) is 9.55 Å². The van der Waals surface area contributed by atoms with E-state index in [1.807, 2.05) is 30.3 Å². The summed E-state index contributed by atoms with van der Waals surface area (Å²) in [7, 11) is 1.80. The summed E-state index contributed by atoms with van der Waals surface area (Å²) in [4.78, 5) is 18.2. The maximum atomic E-state index is 12.6. The molecule has 1 aromatic carbocycles. The lowest BCUT2D eigenvalue weighted by Crippen LogP contribution is -2.34. The van der Waals surface area contributed by atoms with E-state index in [2.05, 4.69) is 10.1 Å². The first kappa shape index (κ1) is 14.6. The lowest BCUT2D eigenvalue weighted by molar-refractivity contribution is 0.0983. The van der Waals surface area contributed by atoms with Gasteiger partial charge in [-0.05, 0) is 12.1 Å². The second kappa shape index (κ2) is 6.56. The minimum absolute atomic E-state index is 0.0738. The van der Waals surface area contributed by atoms with Crippen molar-refractivity contribution in [2.75, 3.05) is 11.4 Å². The predicted octanol–water partition coefficient (Wildman–Crippen LogP) is 1.20. The molecule has 2 aromatic rings. The molecular weight excluding hydrogens is 270 g/mol. The van der Waals surface area contributed by atoms with Crippen LogP contribution in [0.25, 0.3) is 0 Å². The van der Waals surface area contributed by atoms with Crippen molar-refractivity contribution in [2.45, 2.75) is 6.42 Å². The Balaban J connectivity index is 2.25. The van der Waals surface area contributed by atoms with Crippen molar-refractivity contribution in [3.8, 4) is 0 Å². The third-order valence-electron chi connectivity index (χ3n) is 2.96. The van der Waals surface area contributed by atoms with E-state index in [1.54, 1.807) is 29.0 Å². The first-order valence-corrected chi connectivity index (χ1v) is 6.43. The molecule has 7 nitrogen and oxygen atoms in total. The van der Waals surface area contributed by atoms with E-state index in [9.17, 15) is 4.79 Å². The Morgan fingerprint density at radius 1 is 1.43 bits per heavy atom. The number of carbonyl (C=O) groups excluding carboxylic acids is 1. The summed E-state index contributed by atoms with van der Waals surface area (Å²) >= 11 is 0. The first-order chi connectivity index (χ1) is 10.1. The van der Waals surface area contributed by atoms with E-state index in [-0.39, 0.29) is 18.2 Å². The molecule has 0 saturated carbocycles. The second-order valence-corrected chi connectivity index (χ2v) is 4.56. The number of amidine groups is 1. The van der Waals surface area contributed by atoms with E-state index in [0.717, 1.165) is 5.69 Å². The van der Waals surface area contributed by atoms with E-state index >= 15 is 0 Å². The van der Waals surface area contributed by atoms with Gasteiger partial charge < -0.3 is 20.4 Å². The highest BCUT2D eigenvalue weighted by molar-refractivity contribution is 6.05. The number of amides is 1. The molecular formula is C14H17N5O2. The number of nitrogens with two attached hydrogens (primary N) is 1. The molecule has 0 fully saturated rings. The summed E-state index contributed by atoms with van der Waals surface area (Å²) in [6.07, 6.45) is 3.49. The van der Waals surface area contributed by atoms with Crippen LogP contribution in [0.4, 0.5) is 5.69 Å². The molecule has 3 N–H and O–H groups in total. The average molecular weight is 287 g/mol. The molecule has 1 amide bonds. The average Bonchev–Trinajstić information content (AvgIpc) is 2.94. The van der Waals surface area contributed by atoms with Crippen LogP contribution in [0, 0.1) is 0 Å². The summed E-state index contributed by atoms with van der Waals surface area (Å²) in [5.74, 6) is -0.155. The van der Waals surface area contributed by atoms with Crippen LogP contribution in [0.15, 0.2) is 48.0 Å². The molecule has 7 heteroatoms. The molecule has 1 aromatic heterocycles. The Labute approximate surface area is 122 Å². The van der Waals surface area contributed by atoms with Crippen LogP contribution in [-0.4, -0.2) is 33.0 Å². The maximum Gasteiger partial charge on any atom is 0.278 e. The molecule has 2 rings (SSSR count). The van der Waals surface area contributed by atoms with E-state index < -0.39 is 0 Å². The number of rotatable bonds is 5. The van der Waals surface area contributed by atoms with Gasteiger partial charge in [-0.25, -0.2) is 4.98 Å². The fraction of sp³-hybridized carbons (Fsp3) is 0.214. The monoisotopic (exact) mass is 287 g/mol. The summed E-state index contributed by atoms with van der Waals surface area (Å²) in [5, 5.41) is 11.5. The van der Waals surface area contributed by atoms with Crippen molar-refractivity contribution >= 4 is 17.4 Å². The van der Waals surface area contributed by atoms with Gasteiger partial charge in [0.05, 0.1) is 6.33 Å². The normalized spacial score (nSPS) is 11.4. The van der Waals surface area contributed by atoms with Crippen molar-refractivity contribution in [1.29, 1.82) is 0 Å². The van der Waals surface area contributed by atoms with Crippen LogP contribution in [-0.2, 0) is 7.05 Å². The van der Waals surface area contributed by atoms with Crippen LogP contribution >= 0.6 is 0 Å². The number of carbonyl (C=O) groups is 1. The molecule has 0 bridgehead atoms. The van der Waals surface area contributed by atoms with E-state index in [1.165, 1.54) is 0 Å². The molecule has 0 unspecified atom stereocenters. The van der Waals surface area contributed by atoms with Gasteiger partial charge in [-0.2, -0.15) is 0 Å². The number of imidazole rings is 1.